The SMILES string of the molecule is CNC(=O)c1cc(Oc2ccc(CNC(=O)Nc3ccc(S(=O)(=O)C(F)(F)F)cc3)cc2)ccn1. The molecule has 0 fully saturated rings. The Labute approximate surface area is 198 Å². The van der Waals surface area contributed by atoms with Gasteiger partial charge in [-0.1, -0.05) is 12.1 Å². The summed E-state index contributed by atoms with van der Waals surface area (Å²) in [5.74, 6) is 0.552. The van der Waals surface area contributed by atoms with Crippen LogP contribution >= 0.6 is 0 Å². The maximum Gasteiger partial charge on any atom is 0.501 e. The highest BCUT2D eigenvalue weighted by atomic mass is 32.2. The lowest BCUT2D eigenvalue weighted by atomic mass is 10.2. The van der Waals surface area contributed by atoms with E-state index in [1.807, 2.05) is 0 Å². The lowest BCUT2D eigenvalue weighted by molar-refractivity contribution is -0.0436. The maximum absolute atomic E-state index is 12.6. The second-order valence-corrected chi connectivity index (χ2v) is 8.92. The minimum absolute atomic E-state index is 0.112. The standard InChI is InChI=1S/C22H19F3N4O5S/c1-26-20(30)19-12-17(10-11-27-19)34-16-6-2-14(3-7-16)13-28-21(31)29-15-4-8-18(9-5-15)35(32,33)22(23,24)25/h2-12H,13H2,1H3,(H,26,30)(H2,28,29,31). The van der Waals surface area contributed by atoms with Gasteiger partial charge in [-0.3, -0.25) is 9.78 Å². The summed E-state index contributed by atoms with van der Waals surface area (Å²) < 4.78 is 66.2. The number of halogens is 3. The van der Waals surface area contributed by atoms with Crippen molar-refractivity contribution in [3.05, 3.63) is 78.1 Å². The van der Waals surface area contributed by atoms with Gasteiger partial charge in [-0.05, 0) is 48.0 Å². The topological polar surface area (TPSA) is 126 Å². The molecule has 0 atom stereocenters. The highest BCUT2D eigenvalue weighted by Crippen LogP contribution is 2.30. The highest BCUT2D eigenvalue weighted by Gasteiger charge is 2.46. The Kier molecular flexibility index (Phi) is 7.59. The average Bonchev–Trinajstić information content (AvgIpc) is 2.83. The number of ether oxygens (including phenoxy) is 1. The van der Waals surface area contributed by atoms with E-state index in [2.05, 4.69) is 20.9 Å². The largest absolute Gasteiger partial charge is 0.501 e. The van der Waals surface area contributed by atoms with Crippen molar-refractivity contribution in [3.8, 4) is 11.5 Å². The van der Waals surface area contributed by atoms with Crippen LogP contribution in [0.2, 0.25) is 0 Å². The third kappa shape index (κ3) is 6.47. The van der Waals surface area contributed by atoms with E-state index in [0.717, 1.165) is 29.8 Å². The second-order valence-electron chi connectivity index (χ2n) is 6.98. The zero-order valence-corrected chi connectivity index (χ0v) is 18.9. The monoisotopic (exact) mass is 508 g/mol. The summed E-state index contributed by atoms with van der Waals surface area (Å²) in [5, 5.41) is 7.44. The molecular formula is C22H19F3N4O5S. The number of pyridine rings is 1. The fourth-order valence-corrected chi connectivity index (χ4v) is 3.51. The average molecular weight is 508 g/mol. The fraction of sp³-hybridized carbons (Fsp3) is 0.136. The van der Waals surface area contributed by atoms with Crippen molar-refractivity contribution in [2.45, 2.75) is 16.9 Å². The molecule has 0 aliphatic carbocycles. The molecule has 1 heterocycles. The van der Waals surface area contributed by atoms with Crippen molar-refractivity contribution in [1.82, 2.24) is 15.6 Å². The molecule has 13 heteroatoms. The Morgan fingerprint density at radius 2 is 1.63 bits per heavy atom. The molecule has 2 aromatic carbocycles. The number of urea groups is 1. The first-order valence-electron chi connectivity index (χ1n) is 9.91. The van der Waals surface area contributed by atoms with Crippen LogP contribution in [0, 0.1) is 0 Å². The van der Waals surface area contributed by atoms with Gasteiger partial charge < -0.3 is 20.7 Å². The maximum atomic E-state index is 12.6. The van der Waals surface area contributed by atoms with E-state index in [4.69, 9.17) is 4.74 Å². The molecule has 0 aliphatic heterocycles. The van der Waals surface area contributed by atoms with Gasteiger partial charge in [0.15, 0.2) is 0 Å². The Morgan fingerprint density at radius 1 is 0.971 bits per heavy atom. The first-order valence-corrected chi connectivity index (χ1v) is 11.4. The Bertz CT molecular complexity index is 1310. The molecule has 3 amide bonds. The summed E-state index contributed by atoms with van der Waals surface area (Å²) in [6, 6.07) is 12.8. The fourth-order valence-electron chi connectivity index (χ4n) is 2.75. The minimum Gasteiger partial charge on any atom is -0.457 e. The molecule has 0 aliphatic rings. The molecule has 0 spiro atoms. The molecule has 184 valence electrons. The number of aromatic nitrogens is 1. The Hall–Kier alpha value is -4.13. The number of carbonyl (C=O) groups is 2. The smallest absolute Gasteiger partial charge is 0.457 e. The number of anilines is 1. The number of nitrogens with one attached hydrogen (secondary N) is 3. The molecule has 0 bridgehead atoms. The van der Waals surface area contributed by atoms with Crippen molar-refractivity contribution in [2.75, 3.05) is 12.4 Å². The van der Waals surface area contributed by atoms with Crippen LogP contribution in [0.1, 0.15) is 16.1 Å². The molecule has 0 radical (unpaired) electrons. The van der Waals surface area contributed by atoms with E-state index < -0.39 is 26.3 Å². The van der Waals surface area contributed by atoms with Gasteiger partial charge in [0.05, 0.1) is 4.90 Å². The van der Waals surface area contributed by atoms with Gasteiger partial charge >= 0.3 is 11.5 Å². The van der Waals surface area contributed by atoms with Gasteiger partial charge in [-0.2, -0.15) is 13.2 Å². The Balaban J connectivity index is 1.53. The quantitative estimate of drug-likeness (QED) is 0.445. The minimum atomic E-state index is -5.46. The van der Waals surface area contributed by atoms with Crippen LogP contribution in [0.15, 0.2) is 71.8 Å². The Morgan fingerprint density at radius 3 is 2.23 bits per heavy atom. The van der Waals surface area contributed by atoms with E-state index >= 15 is 0 Å². The predicted octanol–water partition coefficient (Wildman–Crippen LogP) is 3.85. The number of rotatable bonds is 7. The van der Waals surface area contributed by atoms with E-state index in [0.29, 0.717) is 11.5 Å². The summed E-state index contributed by atoms with van der Waals surface area (Å²) in [6.07, 6.45) is 1.44. The second kappa shape index (κ2) is 10.4. The number of nitrogens with zero attached hydrogens (tertiary/aromatic N) is 1. The summed E-state index contributed by atoms with van der Waals surface area (Å²) in [5.41, 5.74) is -4.37. The predicted molar refractivity (Wildman–Crippen MR) is 120 cm³/mol. The number of benzene rings is 2. The normalized spacial score (nSPS) is 11.4. The molecule has 0 unspecified atom stereocenters. The third-order valence-corrected chi connectivity index (χ3v) is 6.03. The van der Waals surface area contributed by atoms with Gasteiger partial charge in [0.25, 0.3) is 15.7 Å². The zero-order chi connectivity index (χ0) is 25.6. The first kappa shape index (κ1) is 25.5. The van der Waals surface area contributed by atoms with Crippen LogP contribution in [-0.2, 0) is 16.4 Å². The number of alkyl halides is 3. The van der Waals surface area contributed by atoms with Crippen molar-refractivity contribution in [2.24, 2.45) is 0 Å². The molecule has 0 saturated heterocycles. The number of sulfone groups is 1. The van der Waals surface area contributed by atoms with Crippen molar-refractivity contribution in [3.63, 3.8) is 0 Å². The molecule has 35 heavy (non-hydrogen) atoms. The zero-order valence-electron chi connectivity index (χ0n) is 18.1. The number of hydrogen-bond donors (Lipinski definition) is 3. The molecule has 0 saturated carbocycles. The first-order chi connectivity index (χ1) is 16.5. The lowest BCUT2D eigenvalue weighted by Gasteiger charge is -2.11. The van der Waals surface area contributed by atoms with Crippen LogP contribution in [0.4, 0.5) is 23.7 Å². The van der Waals surface area contributed by atoms with Crippen LogP contribution < -0.4 is 20.7 Å². The van der Waals surface area contributed by atoms with Crippen LogP contribution in [0.25, 0.3) is 0 Å². The summed E-state index contributed by atoms with van der Waals surface area (Å²) in [6.45, 7) is 0.128. The van der Waals surface area contributed by atoms with Crippen LogP contribution in [-0.4, -0.2) is 37.9 Å². The highest BCUT2D eigenvalue weighted by molar-refractivity contribution is 7.92. The lowest BCUT2D eigenvalue weighted by Crippen LogP contribution is -2.28. The van der Waals surface area contributed by atoms with E-state index in [1.165, 1.54) is 19.3 Å². The van der Waals surface area contributed by atoms with E-state index in [-0.39, 0.29) is 23.8 Å². The number of hydrogen-bond acceptors (Lipinski definition) is 6. The summed E-state index contributed by atoms with van der Waals surface area (Å²) in [4.78, 5) is 26.8. The van der Waals surface area contributed by atoms with Crippen molar-refractivity contribution >= 4 is 27.5 Å². The van der Waals surface area contributed by atoms with Crippen molar-refractivity contribution in [1.29, 1.82) is 0 Å². The summed E-state index contributed by atoms with van der Waals surface area (Å²) >= 11 is 0. The number of carbonyl (C=O) groups excluding carboxylic acids is 2. The van der Waals surface area contributed by atoms with Crippen LogP contribution in [0.5, 0.6) is 11.5 Å². The molecule has 3 rings (SSSR count). The molecule has 9 nitrogen and oxygen atoms in total. The van der Waals surface area contributed by atoms with Gasteiger partial charge in [-0.15, -0.1) is 0 Å². The van der Waals surface area contributed by atoms with Crippen molar-refractivity contribution < 1.29 is 35.9 Å². The van der Waals surface area contributed by atoms with Gasteiger partial charge in [0.2, 0.25) is 0 Å². The van der Waals surface area contributed by atoms with Crippen LogP contribution in [0.3, 0.4) is 0 Å². The molecule has 3 N–H and O–H groups in total. The summed E-state index contributed by atoms with van der Waals surface area (Å²) in [7, 11) is -3.97. The molecule has 3 aromatic rings. The molecule has 1 aromatic heterocycles. The van der Waals surface area contributed by atoms with E-state index in [9.17, 15) is 31.2 Å². The van der Waals surface area contributed by atoms with Gasteiger partial charge in [0, 0.05) is 31.5 Å². The third-order valence-electron chi connectivity index (χ3n) is 4.53. The number of amides is 3. The van der Waals surface area contributed by atoms with E-state index in [1.54, 1.807) is 30.3 Å². The van der Waals surface area contributed by atoms with Gasteiger partial charge in [-0.25, -0.2) is 13.2 Å². The molecular weight excluding hydrogens is 489 g/mol. The van der Waals surface area contributed by atoms with Gasteiger partial charge in [0.1, 0.15) is 17.2 Å².